The van der Waals surface area contributed by atoms with Crippen LogP contribution < -0.4 is 10.1 Å². The summed E-state index contributed by atoms with van der Waals surface area (Å²) < 4.78 is 10.9. The number of carbonyl (C=O) groups excluding carboxylic acids is 2. The maximum atomic E-state index is 12.3. The van der Waals surface area contributed by atoms with E-state index in [0.717, 1.165) is 16.5 Å². The van der Waals surface area contributed by atoms with Gasteiger partial charge in [-0.25, -0.2) is 4.79 Å². The van der Waals surface area contributed by atoms with Crippen LogP contribution in [0.25, 0.3) is 22.0 Å². The fourth-order valence-corrected chi connectivity index (χ4v) is 2.79. The number of nitrogens with zero attached hydrogens (tertiary/aromatic N) is 1. The van der Waals surface area contributed by atoms with Gasteiger partial charge in [-0.2, -0.15) is 0 Å². The van der Waals surface area contributed by atoms with Gasteiger partial charge in [0.2, 0.25) is 0 Å². The average Bonchev–Trinajstić information content (AvgIpc) is 2.67. The summed E-state index contributed by atoms with van der Waals surface area (Å²) in [4.78, 5) is 28.8. The lowest BCUT2D eigenvalue weighted by Crippen LogP contribution is -2.27. The van der Waals surface area contributed by atoms with Gasteiger partial charge in [0, 0.05) is 29.1 Å². The Bertz CT molecular complexity index is 1050. The van der Waals surface area contributed by atoms with E-state index in [1.54, 1.807) is 46.0 Å². The molecule has 0 spiro atoms. The summed E-state index contributed by atoms with van der Waals surface area (Å²) in [5, 5.41) is 3.65. The highest BCUT2D eigenvalue weighted by molar-refractivity contribution is 5.93. The number of rotatable bonds is 4. The lowest BCUT2D eigenvalue weighted by atomic mass is 10.0. The van der Waals surface area contributed by atoms with Crippen LogP contribution in [0.3, 0.4) is 0 Å². The molecule has 1 amide bonds. The Morgan fingerprint density at radius 2 is 1.83 bits per heavy atom. The molecule has 6 nitrogen and oxygen atoms in total. The Hall–Kier alpha value is -3.41. The van der Waals surface area contributed by atoms with Crippen LogP contribution in [0.15, 0.2) is 54.7 Å². The minimum Gasteiger partial charge on any atom is -0.444 e. The van der Waals surface area contributed by atoms with Crippen molar-refractivity contribution in [1.82, 2.24) is 4.98 Å². The highest BCUT2D eigenvalue weighted by Crippen LogP contribution is 2.37. The van der Waals surface area contributed by atoms with Crippen LogP contribution in [0.4, 0.5) is 10.5 Å². The minimum atomic E-state index is -0.649. The molecule has 1 aromatic heterocycles. The van der Waals surface area contributed by atoms with E-state index in [1.165, 1.54) is 0 Å². The topological polar surface area (TPSA) is 77.5 Å². The van der Waals surface area contributed by atoms with Crippen molar-refractivity contribution < 1.29 is 19.1 Å². The normalized spacial score (nSPS) is 11.2. The number of para-hydroxylation sites is 2. The molecule has 0 unspecified atom stereocenters. The van der Waals surface area contributed by atoms with Gasteiger partial charge in [-0.05, 0) is 39.0 Å². The molecule has 0 atom stereocenters. The third-order valence-electron chi connectivity index (χ3n) is 4.06. The van der Waals surface area contributed by atoms with Crippen LogP contribution in [-0.2, 0) is 9.53 Å². The SMILES string of the molecule is CCC(=O)Oc1c(NC(=O)OC(C)(C)C)cccc1-c1cnc2ccccc2c1. The van der Waals surface area contributed by atoms with Crippen LogP contribution in [0.5, 0.6) is 5.75 Å². The quantitative estimate of drug-likeness (QED) is 0.464. The summed E-state index contributed by atoms with van der Waals surface area (Å²) in [6.45, 7) is 7.05. The molecule has 1 N–H and O–H groups in total. The first-order valence-corrected chi connectivity index (χ1v) is 9.45. The third-order valence-corrected chi connectivity index (χ3v) is 4.06. The van der Waals surface area contributed by atoms with Crippen molar-refractivity contribution in [2.24, 2.45) is 0 Å². The molecule has 1 heterocycles. The molecule has 0 fully saturated rings. The Balaban J connectivity index is 2.05. The predicted molar refractivity (Wildman–Crippen MR) is 113 cm³/mol. The predicted octanol–water partition coefficient (Wildman–Crippen LogP) is 5.56. The van der Waals surface area contributed by atoms with Crippen LogP contribution >= 0.6 is 0 Å². The first-order valence-electron chi connectivity index (χ1n) is 9.45. The third kappa shape index (κ3) is 5.10. The number of pyridine rings is 1. The fourth-order valence-electron chi connectivity index (χ4n) is 2.79. The van der Waals surface area contributed by atoms with E-state index in [4.69, 9.17) is 9.47 Å². The Labute approximate surface area is 169 Å². The van der Waals surface area contributed by atoms with E-state index in [9.17, 15) is 9.59 Å². The molecular formula is C23H24N2O4. The van der Waals surface area contributed by atoms with Crippen molar-refractivity contribution in [1.29, 1.82) is 0 Å². The largest absolute Gasteiger partial charge is 0.444 e. The van der Waals surface area contributed by atoms with Crippen LogP contribution in [0, 0.1) is 0 Å². The van der Waals surface area contributed by atoms with Gasteiger partial charge in [-0.3, -0.25) is 15.1 Å². The maximum Gasteiger partial charge on any atom is 0.412 e. The van der Waals surface area contributed by atoms with E-state index >= 15 is 0 Å². The number of fused-ring (bicyclic) bond motifs is 1. The number of hydrogen-bond acceptors (Lipinski definition) is 5. The second-order valence-corrected chi connectivity index (χ2v) is 7.55. The zero-order chi connectivity index (χ0) is 21.0. The Kier molecular flexibility index (Phi) is 5.82. The summed E-state index contributed by atoms with van der Waals surface area (Å²) in [6.07, 6.45) is 1.30. The molecule has 0 saturated heterocycles. The molecule has 0 aliphatic carbocycles. The first-order chi connectivity index (χ1) is 13.8. The van der Waals surface area contributed by atoms with E-state index in [-0.39, 0.29) is 12.2 Å². The van der Waals surface area contributed by atoms with E-state index in [2.05, 4.69) is 10.3 Å². The number of nitrogens with one attached hydrogen (secondary N) is 1. The van der Waals surface area contributed by atoms with Gasteiger partial charge in [-0.15, -0.1) is 0 Å². The smallest absolute Gasteiger partial charge is 0.412 e. The number of benzene rings is 2. The van der Waals surface area contributed by atoms with Crippen LogP contribution in [-0.4, -0.2) is 22.6 Å². The zero-order valence-corrected chi connectivity index (χ0v) is 17.0. The summed E-state index contributed by atoms with van der Waals surface area (Å²) in [6, 6.07) is 15.0. The number of aromatic nitrogens is 1. The molecule has 0 aliphatic heterocycles. The van der Waals surface area contributed by atoms with Crippen molar-refractivity contribution in [3.8, 4) is 16.9 Å². The lowest BCUT2D eigenvalue weighted by Gasteiger charge is -2.21. The van der Waals surface area contributed by atoms with Gasteiger partial charge in [0.25, 0.3) is 0 Å². The van der Waals surface area contributed by atoms with Gasteiger partial charge in [0.05, 0.1) is 11.2 Å². The second kappa shape index (κ2) is 8.31. The molecule has 3 rings (SSSR count). The van der Waals surface area contributed by atoms with Gasteiger partial charge < -0.3 is 9.47 Å². The number of esters is 1. The Morgan fingerprint density at radius 1 is 1.07 bits per heavy atom. The van der Waals surface area contributed by atoms with Gasteiger partial charge in [0.1, 0.15) is 5.60 Å². The number of anilines is 1. The van der Waals surface area contributed by atoms with Crippen molar-refractivity contribution in [3.05, 3.63) is 54.7 Å². The molecule has 0 radical (unpaired) electrons. The summed E-state index contributed by atoms with van der Waals surface area (Å²) in [5.74, 6) is -0.138. The number of ether oxygens (including phenoxy) is 2. The number of hydrogen-bond donors (Lipinski definition) is 1. The molecule has 0 saturated carbocycles. The van der Waals surface area contributed by atoms with Crippen molar-refractivity contribution in [2.45, 2.75) is 39.7 Å². The molecule has 0 bridgehead atoms. The molecule has 150 valence electrons. The Morgan fingerprint density at radius 3 is 2.55 bits per heavy atom. The van der Waals surface area contributed by atoms with Crippen molar-refractivity contribution >= 4 is 28.7 Å². The molecule has 6 heteroatoms. The van der Waals surface area contributed by atoms with Crippen molar-refractivity contribution in [3.63, 3.8) is 0 Å². The highest BCUT2D eigenvalue weighted by atomic mass is 16.6. The summed E-state index contributed by atoms with van der Waals surface area (Å²) >= 11 is 0. The van der Waals surface area contributed by atoms with E-state index < -0.39 is 17.7 Å². The van der Waals surface area contributed by atoms with Crippen molar-refractivity contribution in [2.75, 3.05) is 5.32 Å². The standard InChI is InChI=1S/C23H24N2O4/c1-5-20(26)28-21-17(16-13-15-9-6-7-11-18(15)24-14-16)10-8-12-19(21)25-22(27)29-23(2,3)4/h6-14H,5H2,1-4H3,(H,25,27). The molecule has 2 aromatic carbocycles. The van der Waals surface area contributed by atoms with Crippen LogP contribution in [0.1, 0.15) is 34.1 Å². The maximum absolute atomic E-state index is 12.3. The second-order valence-electron chi connectivity index (χ2n) is 7.55. The fraction of sp³-hybridized carbons (Fsp3) is 0.261. The molecule has 29 heavy (non-hydrogen) atoms. The van der Waals surface area contributed by atoms with Crippen LogP contribution in [0.2, 0.25) is 0 Å². The molecular weight excluding hydrogens is 368 g/mol. The zero-order valence-electron chi connectivity index (χ0n) is 17.0. The highest BCUT2D eigenvalue weighted by Gasteiger charge is 2.20. The first kappa shape index (κ1) is 20.3. The molecule has 0 aliphatic rings. The minimum absolute atomic E-state index is 0.205. The summed E-state index contributed by atoms with van der Waals surface area (Å²) in [7, 11) is 0. The van der Waals surface area contributed by atoms with E-state index in [1.807, 2.05) is 36.4 Å². The number of amides is 1. The lowest BCUT2D eigenvalue weighted by molar-refractivity contribution is -0.133. The number of carbonyl (C=O) groups is 2. The van der Waals surface area contributed by atoms with Gasteiger partial charge >= 0.3 is 12.1 Å². The monoisotopic (exact) mass is 392 g/mol. The molecule has 3 aromatic rings. The van der Waals surface area contributed by atoms with Gasteiger partial charge in [-0.1, -0.05) is 37.3 Å². The van der Waals surface area contributed by atoms with Gasteiger partial charge in [0.15, 0.2) is 5.75 Å². The summed E-state index contributed by atoms with van der Waals surface area (Å²) in [5.41, 5.74) is 2.00. The van der Waals surface area contributed by atoms with E-state index in [0.29, 0.717) is 11.3 Å². The average molecular weight is 392 g/mol.